The fourth-order valence-electron chi connectivity index (χ4n) is 2.23. The van der Waals surface area contributed by atoms with Crippen molar-refractivity contribution in [3.63, 3.8) is 0 Å². The predicted octanol–water partition coefficient (Wildman–Crippen LogP) is 3.10. The van der Waals surface area contributed by atoms with Gasteiger partial charge >= 0.3 is 0 Å². The summed E-state index contributed by atoms with van der Waals surface area (Å²) in [6.07, 6.45) is 1.46. The fourth-order valence-corrected chi connectivity index (χ4v) is 3.70. The van der Waals surface area contributed by atoms with Crippen molar-refractivity contribution in [2.45, 2.75) is 31.7 Å². The average Bonchev–Trinajstić information content (AvgIpc) is 2.61. The van der Waals surface area contributed by atoms with E-state index in [-0.39, 0.29) is 10.8 Å². The van der Waals surface area contributed by atoms with Crippen molar-refractivity contribution < 1.29 is 13.2 Å². The number of halogens is 1. The molecule has 0 aliphatic rings. The number of hydrazone groups is 1. The highest BCUT2D eigenvalue weighted by Gasteiger charge is 2.28. The van der Waals surface area contributed by atoms with E-state index in [4.69, 9.17) is 11.6 Å². The quantitative estimate of drug-likeness (QED) is 0.546. The standard InChI is InChI=1S/C19H22ClN3O3S/c1-13(2)18(23-27(25,26)17-10-4-14(3)5-11-17)19(24)22-21-12-15-6-8-16(20)9-7-15/h4-13,18,23H,1-3H3,(H,22,24)/b21-12-/t18-/m1/s1. The molecule has 0 aliphatic carbocycles. The molecule has 2 aromatic carbocycles. The van der Waals surface area contributed by atoms with Gasteiger partial charge in [-0.05, 0) is 42.7 Å². The van der Waals surface area contributed by atoms with Crippen LogP contribution in [0.15, 0.2) is 58.5 Å². The maximum Gasteiger partial charge on any atom is 0.258 e. The predicted molar refractivity (Wildman–Crippen MR) is 107 cm³/mol. The molecule has 0 unspecified atom stereocenters. The number of benzene rings is 2. The van der Waals surface area contributed by atoms with Gasteiger partial charge in [-0.3, -0.25) is 4.79 Å². The Bertz CT molecular complexity index is 908. The van der Waals surface area contributed by atoms with E-state index in [9.17, 15) is 13.2 Å². The average molecular weight is 408 g/mol. The number of aryl methyl sites for hydroxylation is 1. The van der Waals surface area contributed by atoms with Gasteiger partial charge in [-0.15, -0.1) is 0 Å². The second-order valence-corrected chi connectivity index (χ2v) is 8.59. The van der Waals surface area contributed by atoms with Crippen LogP contribution in [0.2, 0.25) is 5.02 Å². The first kappa shape index (κ1) is 21.1. The van der Waals surface area contributed by atoms with Crippen LogP contribution in [0.1, 0.15) is 25.0 Å². The molecule has 8 heteroatoms. The van der Waals surface area contributed by atoms with Crippen LogP contribution in [0.3, 0.4) is 0 Å². The van der Waals surface area contributed by atoms with Crippen LogP contribution in [0, 0.1) is 12.8 Å². The Morgan fingerprint density at radius 3 is 2.22 bits per heavy atom. The Hall–Kier alpha value is -2.22. The van der Waals surface area contributed by atoms with Crippen molar-refractivity contribution in [1.29, 1.82) is 0 Å². The smallest absolute Gasteiger partial charge is 0.258 e. The van der Waals surface area contributed by atoms with E-state index in [0.29, 0.717) is 5.02 Å². The highest BCUT2D eigenvalue weighted by Crippen LogP contribution is 2.13. The van der Waals surface area contributed by atoms with Gasteiger partial charge in [-0.2, -0.15) is 9.82 Å². The van der Waals surface area contributed by atoms with Crippen LogP contribution in [0.25, 0.3) is 0 Å². The molecule has 0 saturated heterocycles. The SMILES string of the molecule is Cc1ccc(S(=O)(=O)N[C@@H](C(=O)N/N=C\c2ccc(Cl)cc2)C(C)C)cc1. The third-order valence-corrected chi connectivity index (χ3v) is 5.53. The first-order chi connectivity index (χ1) is 12.7. The van der Waals surface area contributed by atoms with Crippen LogP contribution >= 0.6 is 11.6 Å². The van der Waals surface area contributed by atoms with Gasteiger partial charge in [-0.1, -0.05) is 55.3 Å². The zero-order valence-corrected chi connectivity index (χ0v) is 16.9. The molecule has 0 spiro atoms. The zero-order chi connectivity index (χ0) is 20.0. The lowest BCUT2D eigenvalue weighted by molar-refractivity contribution is -0.123. The van der Waals surface area contributed by atoms with Crippen molar-refractivity contribution in [2.24, 2.45) is 11.0 Å². The van der Waals surface area contributed by atoms with E-state index in [1.165, 1.54) is 18.3 Å². The van der Waals surface area contributed by atoms with Gasteiger partial charge in [0.15, 0.2) is 0 Å². The molecule has 0 aliphatic heterocycles. The first-order valence-electron chi connectivity index (χ1n) is 8.36. The summed E-state index contributed by atoms with van der Waals surface area (Å²) < 4.78 is 27.5. The van der Waals surface area contributed by atoms with Crippen LogP contribution < -0.4 is 10.1 Å². The topological polar surface area (TPSA) is 87.6 Å². The number of carbonyl (C=O) groups is 1. The molecule has 27 heavy (non-hydrogen) atoms. The molecule has 2 rings (SSSR count). The highest BCUT2D eigenvalue weighted by molar-refractivity contribution is 7.89. The molecule has 2 N–H and O–H groups in total. The van der Waals surface area contributed by atoms with Crippen molar-refractivity contribution in [2.75, 3.05) is 0 Å². The molecule has 2 aromatic rings. The zero-order valence-electron chi connectivity index (χ0n) is 15.3. The molecular weight excluding hydrogens is 386 g/mol. The Kier molecular flexibility index (Phi) is 7.12. The second kappa shape index (κ2) is 9.12. The molecule has 0 bridgehead atoms. The second-order valence-electron chi connectivity index (χ2n) is 6.44. The van der Waals surface area contributed by atoms with Gasteiger partial charge in [-0.25, -0.2) is 13.8 Å². The van der Waals surface area contributed by atoms with E-state index in [1.54, 1.807) is 50.2 Å². The van der Waals surface area contributed by atoms with Crippen LogP contribution in [-0.2, 0) is 14.8 Å². The number of nitrogens with zero attached hydrogens (tertiary/aromatic N) is 1. The summed E-state index contributed by atoms with van der Waals surface area (Å²) in [5.41, 5.74) is 4.08. The number of hydrogen-bond donors (Lipinski definition) is 2. The van der Waals surface area contributed by atoms with E-state index < -0.39 is 22.0 Å². The van der Waals surface area contributed by atoms with E-state index >= 15 is 0 Å². The third-order valence-electron chi connectivity index (χ3n) is 3.82. The minimum atomic E-state index is -3.83. The van der Waals surface area contributed by atoms with Gasteiger partial charge < -0.3 is 0 Å². The summed E-state index contributed by atoms with van der Waals surface area (Å²) in [6, 6.07) is 12.4. The monoisotopic (exact) mass is 407 g/mol. The lowest BCUT2D eigenvalue weighted by Gasteiger charge is -2.20. The van der Waals surface area contributed by atoms with Crippen LogP contribution in [0.5, 0.6) is 0 Å². The molecule has 0 heterocycles. The molecule has 6 nitrogen and oxygen atoms in total. The van der Waals surface area contributed by atoms with Crippen molar-refractivity contribution in [3.05, 3.63) is 64.7 Å². The third kappa shape index (κ3) is 6.16. The van der Waals surface area contributed by atoms with Gasteiger partial charge in [0, 0.05) is 5.02 Å². The molecule has 1 atom stereocenters. The molecule has 144 valence electrons. The number of carbonyl (C=O) groups excluding carboxylic acids is 1. The van der Waals surface area contributed by atoms with Crippen LogP contribution in [0.4, 0.5) is 0 Å². The minimum Gasteiger partial charge on any atom is -0.271 e. The summed E-state index contributed by atoms with van der Waals surface area (Å²) in [5, 5.41) is 4.49. The maximum atomic E-state index is 12.5. The summed E-state index contributed by atoms with van der Waals surface area (Å²) in [4.78, 5) is 12.5. The summed E-state index contributed by atoms with van der Waals surface area (Å²) in [5.74, 6) is -0.804. The Labute approximate surface area is 164 Å². The summed E-state index contributed by atoms with van der Waals surface area (Å²) in [6.45, 7) is 5.38. The molecule has 0 saturated carbocycles. The number of hydrogen-bond acceptors (Lipinski definition) is 4. The highest BCUT2D eigenvalue weighted by atomic mass is 35.5. The van der Waals surface area contributed by atoms with Crippen molar-refractivity contribution in [3.8, 4) is 0 Å². The molecular formula is C19H22ClN3O3S. The minimum absolute atomic E-state index is 0.108. The summed E-state index contributed by atoms with van der Waals surface area (Å²) in [7, 11) is -3.83. The number of amides is 1. The number of nitrogens with one attached hydrogen (secondary N) is 2. The number of sulfonamides is 1. The van der Waals surface area contributed by atoms with Crippen LogP contribution in [-0.4, -0.2) is 26.6 Å². The van der Waals surface area contributed by atoms with Crippen molar-refractivity contribution >= 4 is 33.7 Å². The Morgan fingerprint density at radius 1 is 1.07 bits per heavy atom. The maximum absolute atomic E-state index is 12.5. The molecule has 0 radical (unpaired) electrons. The largest absolute Gasteiger partial charge is 0.271 e. The van der Waals surface area contributed by atoms with Crippen molar-refractivity contribution in [1.82, 2.24) is 10.1 Å². The molecule has 0 aromatic heterocycles. The Balaban J connectivity index is 2.08. The lowest BCUT2D eigenvalue weighted by Crippen LogP contribution is -2.48. The van der Waals surface area contributed by atoms with E-state index in [1.807, 2.05) is 6.92 Å². The Morgan fingerprint density at radius 2 is 1.67 bits per heavy atom. The fraction of sp³-hybridized carbons (Fsp3) is 0.263. The van der Waals surface area contributed by atoms with Gasteiger partial charge in [0.25, 0.3) is 5.91 Å². The molecule has 1 amide bonds. The number of rotatable bonds is 7. The summed E-state index contributed by atoms with van der Waals surface area (Å²) >= 11 is 5.81. The first-order valence-corrected chi connectivity index (χ1v) is 10.2. The normalized spacial score (nSPS) is 13.1. The van der Waals surface area contributed by atoms with Gasteiger partial charge in [0.1, 0.15) is 6.04 Å². The van der Waals surface area contributed by atoms with Gasteiger partial charge in [0.05, 0.1) is 11.1 Å². The van der Waals surface area contributed by atoms with Gasteiger partial charge in [0.2, 0.25) is 10.0 Å². The van der Waals surface area contributed by atoms with E-state index in [0.717, 1.165) is 11.1 Å². The lowest BCUT2D eigenvalue weighted by atomic mass is 10.1. The van der Waals surface area contributed by atoms with E-state index in [2.05, 4.69) is 15.2 Å². The molecule has 0 fully saturated rings.